The number of rotatable bonds is 3. The van der Waals surface area contributed by atoms with Crippen molar-refractivity contribution in [3.63, 3.8) is 0 Å². The van der Waals surface area contributed by atoms with E-state index < -0.39 is 9.84 Å². The first-order chi connectivity index (χ1) is 12.2. The van der Waals surface area contributed by atoms with Crippen LogP contribution in [-0.4, -0.2) is 66.0 Å². The third kappa shape index (κ3) is 3.84. The van der Waals surface area contributed by atoms with E-state index in [4.69, 9.17) is 12.2 Å². The van der Waals surface area contributed by atoms with Crippen molar-refractivity contribution in [3.05, 3.63) is 40.3 Å². The number of hydrogen-bond acceptors (Lipinski definition) is 6. The molecule has 26 heavy (non-hydrogen) atoms. The molecule has 0 saturated carbocycles. The predicted octanol–water partition coefficient (Wildman–Crippen LogP) is 1.78. The van der Waals surface area contributed by atoms with Crippen molar-refractivity contribution in [1.82, 2.24) is 9.80 Å². The van der Waals surface area contributed by atoms with Crippen LogP contribution in [0.3, 0.4) is 0 Å². The molecular formula is C17H18N2O4S3. The average Bonchev–Trinajstić information content (AvgIpc) is 3.09. The maximum atomic E-state index is 12.6. The van der Waals surface area contributed by atoms with Gasteiger partial charge in [0.1, 0.15) is 4.32 Å². The van der Waals surface area contributed by atoms with E-state index in [0.717, 1.165) is 5.56 Å². The lowest BCUT2D eigenvalue weighted by Crippen LogP contribution is -2.37. The second-order valence-corrected chi connectivity index (χ2v) is 10.2. The zero-order chi connectivity index (χ0) is 19.1. The number of thiocarbonyl (C=S) groups is 1. The van der Waals surface area contributed by atoms with Crippen molar-refractivity contribution in [2.45, 2.75) is 12.5 Å². The second kappa shape index (κ2) is 7.13. The molecule has 0 N–H and O–H groups in total. The molecule has 0 aromatic heterocycles. The van der Waals surface area contributed by atoms with Crippen LogP contribution in [0.5, 0.6) is 0 Å². The lowest BCUT2D eigenvalue weighted by atomic mass is 10.1. The van der Waals surface area contributed by atoms with Crippen molar-refractivity contribution in [2.75, 3.05) is 25.6 Å². The number of amides is 2. The number of likely N-dealkylation sites (N-methyl/N-ethyl adjacent to an activating group) is 1. The summed E-state index contributed by atoms with van der Waals surface area (Å²) in [5, 5.41) is 0. The fraction of sp³-hybridized carbons (Fsp3) is 0.353. The molecule has 2 saturated heterocycles. The number of benzene rings is 1. The quantitative estimate of drug-likeness (QED) is 0.559. The second-order valence-electron chi connectivity index (χ2n) is 6.34. The topological polar surface area (TPSA) is 74.8 Å². The molecule has 2 amide bonds. The highest BCUT2D eigenvalue weighted by Crippen LogP contribution is 2.31. The van der Waals surface area contributed by atoms with E-state index in [1.165, 1.54) is 21.6 Å². The number of sulfone groups is 1. The van der Waals surface area contributed by atoms with E-state index in [1.807, 2.05) is 0 Å². The molecule has 0 bridgehead atoms. The fourth-order valence-electron chi connectivity index (χ4n) is 2.87. The summed E-state index contributed by atoms with van der Waals surface area (Å²) < 4.78 is 23.7. The van der Waals surface area contributed by atoms with Crippen LogP contribution in [0.2, 0.25) is 0 Å². The molecular weight excluding hydrogens is 392 g/mol. The molecule has 2 heterocycles. The van der Waals surface area contributed by atoms with Crippen LogP contribution in [0, 0.1) is 0 Å². The van der Waals surface area contributed by atoms with Crippen LogP contribution in [0.15, 0.2) is 29.2 Å². The highest BCUT2D eigenvalue weighted by atomic mass is 32.2. The molecule has 1 aromatic rings. The smallest absolute Gasteiger partial charge is 0.265 e. The summed E-state index contributed by atoms with van der Waals surface area (Å²) in [6.45, 7) is 0. The van der Waals surface area contributed by atoms with Gasteiger partial charge in [0.25, 0.3) is 11.8 Å². The Morgan fingerprint density at radius 1 is 1.35 bits per heavy atom. The van der Waals surface area contributed by atoms with Crippen molar-refractivity contribution in [2.24, 2.45) is 0 Å². The minimum atomic E-state index is -3.04. The Hall–Kier alpha value is -1.71. The van der Waals surface area contributed by atoms with Crippen molar-refractivity contribution in [1.29, 1.82) is 0 Å². The van der Waals surface area contributed by atoms with E-state index in [9.17, 15) is 18.0 Å². The van der Waals surface area contributed by atoms with Gasteiger partial charge >= 0.3 is 0 Å². The first-order valence-corrected chi connectivity index (χ1v) is 11.0. The molecule has 3 rings (SSSR count). The largest absolute Gasteiger partial charge is 0.338 e. The van der Waals surface area contributed by atoms with Crippen LogP contribution in [0.1, 0.15) is 22.3 Å². The van der Waals surface area contributed by atoms with Crippen molar-refractivity contribution >= 4 is 56.0 Å². The first kappa shape index (κ1) is 19.1. The maximum Gasteiger partial charge on any atom is 0.265 e. The highest BCUT2D eigenvalue weighted by Gasteiger charge is 2.33. The van der Waals surface area contributed by atoms with Gasteiger partial charge in [0, 0.05) is 25.7 Å². The number of thioether (sulfide) groups is 1. The molecule has 2 aliphatic rings. The standard InChI is InChI=1S/C17H18N2O4S3/c1-18(13-7-8-26(22,23)10-13)15(20)12-5-3-11(4-6-12)9-14-16(21)19(2)17(24)25-14/h3-6,9,13H,7-8,10H2,1-2H3/b14-9-. The van der Waals surface area contributed by atoms with Gasteiger partial charge in [-0.15, -0.1) is 0 Å². The van der Waals surface area contributed by atoms with Gasteiger partial charge in [0.05, 0.1) is 16.4 Å². The van der Waals surface area contributed by atoms with Crippen LogP contribution >= 0.6 is 24.0 Å². The molecule has 6 nitrogen and oxygen atoms in total. The molecule has 2 fully saturated rings. The van der Waals surface area contributed by atoms with Gasteiger partial charge in [-0.05, 0) is 30.2 Å². The third-order valence-corrected chi connectivity index (χ3v) is 7.75. The molecule has 0 radical (unpaired) electrons. The highest BCUT2D eigenvalue weighted by molar-refractivity contribution is 8.26. The molecule has 1 unspecified atom stereocenters. The summed E-state index contributed by atoms with van der Waals surface area (Å²) in [7, 11) is 0.231. The van der Waals surface area contributed by atoms with Gasteiger partial charge < -0.3 is 4.90 Å². The molecule has 1 aromatic carbocycles. The van der Waals surface area contributed by atoms with E-state index in [1.54, 1.807) is 44.4 Å². The maximum absolute atomic E-state index is 12.6. The van der Waals surface area contributed by atoms with Gasteiger partial charge in [-0.3, -0.25) is 14.5 Å². The van der Waals surface area contributed by atoms with Crippen LogP contribution in [0.4, 0.5) is 0 Å². The number of carbonyl (C=O) groups is 2. The average molecular weight is 411 g/mol. The Balaban J connectivity index is 1.72. The Morgan fingerprint density at radius 3 is 2.50 bits per heavy atom. The molecule has 0 aliphatic carbocycles. The lowest BCUT2D eigenvalue weighted by molar-refractivity contribution is -0.121. The summed E-state index contributed by atoms with van der Waals surface area (Å²) in [6.07, 6.45) is 2.21. The monoisotopic (exact) mass is 410 g/mol. The van der Waals surface area contributed by atoms with Gasteiger partial charge in [0.15, 0.2) is 9.84 Å². The van der Waals surface area contributed by atoms with E-state index in [2.05, 4.69) is 0 Å². The Labute approximate surface area is 162 Å². The Morgan fingerprint density at radius 2 is 2.00 bits per heavy atom. The first-order valence-electron chi connectivity index (χ1n) is 7.97. The molecule has 0 spiro atoms. The van der Waals surface area contributed by atoms with E-state index in [0.29, 0.717) is 21.2 Å². The van der Waals surface area contributed by atoms with Gasteiger partial charge in [-0.25, -0.2) is 8.42 Å². The Bertz CT molecular complexity index is 906. The number of hydrogen-bond donors (Lipinski definition) is 0. The van der Waals surface area contributed by atoms with E-state index >= 15 is 0 Å². The Kier molecular flexibility index (Phi) is 5.23. The summed E-state index contributed by atoms with van der Waals surface area (Å²) in [4.78, 5) is 28.1. The van der Waals surface area contributed by atoms with Crippen molar-refractivity contribution < 1.29 is 18.0 Å². The molecule has 138 valence electrons. The van der Waals surface area contributed by atoms with Crippen molar-refractivity contribution in [3.8, 4) is 0 Å². The number of nitrogens with zero attached hydrogens (tertiary/aromatic N) is 2. The molecule has 1 atom stereocenters. The predicted molar refractivity (Wildman–Crippen MR) is 107 cm³/mol. The summed E-state index contributed by atoms with van der Waals surface area (Å²) >= 11 is 6.34. The van der Waals surface area contributed by atoms with E-state index in [-0.39, 0.29) is 29.4 Å². The van der Waals surface area contributed by atoms with Crippen LogP contribution < -0.4 is 0 Å². The fourth-order valence-corrected chi connectivity index (χ4v) is 5.82. The van der Waals surface area contributed by atoms with Gasteiger partial charge in [-0.1, -0.05) is 36.1 Å². The SMILES string of the molecule is CN1C(=O)/C(=C/c2ccc(C(=O)N(C)C3CCS(=O)(=O)C3)cc2)SC1=S. The number of carbonyl (C=O) groups excluding carboxylic acids is 2. The lowest BCUT2D eigenvalue weighted by Gasteiger charge is -2.23. The minimum Gasteiger partial charge on any atom is -0.338 e. The van der Waals surface area contributed by atoms with Crippen LogP contribution in [0.25, 0.3) is 6.08 Å². The van der Waals surface area contributed by atoms with Crippen LogP contribution in [-0.2, 0) is 14.6 Å². The van der Waals surface area contributed by atoms with Gasteiger partial charge in [-0.2, -0.15) is 0 Å². The normalized spacial score (nSPS) is 23.7. The third-order valence-electron chi connectivity index (χ3n) is 4.52. The minimum absolute atomic E-state index is 0.0200. The zero-order valence-electron chi connectivity index (χ0n) is 14.3. The molecule has 2 aliphatic heterocycles. The summed E-state index contributed by atoms with van der Waals surface area (Å²) in [5.74, 6) is -0.198. The zero-order valence-corrected chi connectivity index (χ0v) is 16.8. The summed E-state index contributed by atoms with van der Waals surface area (Å²) in [6, 6.07) is 6.60. The van der Waals surface area contributed by atoms with Gasteiger partial charge in [0.2, 0.25) is 0 Å². The summed E-state index contributed by atoms with van der Waals surface area (Å²) in [5.41, 5.74) is 1.28. The molecule has 9 heteroatoms.